The van der Waals surface area contributed by atoms with Gasteiger partial charge < -0.3 is 10.6 Å². The minimum atomic E-state index is -0.0127. The number of anilines is 1. The van der Waals surface area contributed by atoms with Gasteiger partial charge in [0.1, 0.15) is 0 Å². The highest BCUT2D eigenvalue weighted by molar-refractivity contribution is 9.10. The molecule has 2 rings (SSSR count). The molecule has 0 unspecified atom stereocenters. The number of rotatable bonds is 0. The van der Waals surface area contributed by atoms with E-state index in [1.54, 1.807) is 0 Å². The molecule has 0 fully saturated rings. The Labute approximate surface area is 84.6 Å². The predicted molar refractivity (Wildman–Crippen MR) is 55.0 cm³/mol. The van der Waals surface area contributed by atoms with Gasteiger partial charge in [0.15, 0.2) is 0 Å². The highest BCUT2D eigenvalue weighted by atomic mass is 79.9. The Morgan fingerprint density at radius 2 is 2.00 bits per heavy atom. The van der Waals surface area contributed by atoms with Crippen LogP contribution in [0.5, 0.6) is 0 Å². The fourth-order valence-corrected chi connectivity index (χ4v) is 1.69. The average molecular weight is 241 g/mol. The normalized spacial score (nSPS) is 15.3. The number of carbonyl (C=O) groups excluding carboxylic acids is 1. The summed E-state index contributed by atoms with van der Waals surface area (Å²) in [6, 6.07) is 5.65. The molecule has 1 aliphatic heterocycles. The zero-order chi connectivity index (χ0) is 9.26. The predicted octanol–water partition coefficient (Wildman–Crippen LogP) is 1.60. The largest absolute Gasteiger partial charge is 0.383 e. The van der Waals surface area contributed by atoms with Crippen LogP contribution in [0.2, 0.25) is 0 Å². The fourth-order valence-electron chi connectivity index (χ4n) is 1.33. The summed E-state index contributed by atoms with van der Waals surface area (Å²) >= 11 is 3.34. The number of hydrogen-bond donors (Lipinski definition) is 2. The monoisotopic (exact) mass is 240 g/mol. The van der Waals surface area contributed by atoms with Crippen molar-refractivity contribution in [3.8, 4) is 0 Å². The minimum absolute atomic E-state index is 0.0127. The second kappa shape index (κ2) is 3.38. The number of amides is 1. The van der Waals surface area contributed by atoms with Crippen LogP contribution in [0, 0.1) is 0 Å². The van der Waals surface area contributed by atoms with Crippen molar-refractivity contribution in [2.75, 3.05) is 18.4 Å². The van der Waals surface area contributed by atoms with Gasteiger partial charge in [-0.1, -0.05) is 15.9 Å². The molecule has 0 spiro atoms. The van der Waals surface area contributed by atoms with Crippen LogP contribution >= 0.6 is 15.9 Å². The summed E-state index contributed by atoms with van der Waals surface area (Å²) in [7, 11) is 0. The molecule has 2 N–H and O–H groups in total. The molecule has 1 heterocycles. The van der Waals surface area contributed by atoms with Crippen LogP contribution in [0.25, 0.3) is 0 Å². The molecular weight excluding hydrogens is 232 g/mol. The molecule has 0 radical (unpaired) electrons. The summed E-state index contributed by atoms with van der Waals surface area (Å²) in [4.78, 5) is 11.5. The third kappa shape index (κ3) is 1.67. The Morgan fingerprint density at radius 3 is 2.85 bits per heavy atom. The number of hydrogen-bond acceptors (Lipinski definition) is 2. The van der Waals surface area contributed by atoms with Crippen LogP contribution in [-0.4, -0.2) is 19.0 Å². The summed E-state index contributed by atoms with van der Waals surface area (Å²) in [6.07, 6.45) is 0. The van der Waals surface area contributed by atoms with Crippen molar-refractivity contribution in [1.29, 1.82) is 0 Å². The van der Waals surface area contributed by atoms with Gasteiger partial charge in [-0.2, -0.15) is 0 Å². The fraction of sp³-hybridized carbons (Fsp3) is 0.222. The molecule has 0 aliphatic carbocycles. The zero-order valence-electron chi connectivity index (χ0n) is 6.93. The molecule has 3 nitrogen and oxygen atoms in total. The van der Waals surface area contributed by atoms with Crippen LogP contribution < -0.4 is 10.6 Å². The molecule has 4 heteroatoms. The van der Waals surface area contributed by atoms with Gasteiger partial charge in [0, 0.05) is 23.2 Å². The third-order valence-electron chi connectivity index (χ3n) is 1.95. The first-order valence-electron chi connectivity index (χ1n) is 4.09. The van der Waals surface area contributed by atoms with Gasteiger partial charge in [-0.25, -0.2) is 0 Å². The summed E-state index contributed by atoms with van der Waals surface area (Å²) in [5.74, 6) is -0.0127. The van der Waals surface area contributed by atoms with Gasteiger partial charge in [-0.05, 0) is 18.2 Å². The van der Waals surface area contributed by atoms with E-state index in [1.807, 2.05) is 18.2 Å². The molecule has 1 aromatic carbocycles. The van der Waals surface area contributed by atoms with Crippen LogP contribution in [0.3, 0.4) is 0 Å². The number of fused-ring (bicyclic) bond motifs is 1. The zero-order valence-corrected chi connectivity index (χ0v) is 8.52. The van der Waals surface area contributed by atoms with E-state index >= 15 is 0 Å². The lowest BCUT2D eigenvalue weighted by Crippen LogP contribution is -2.24. The van der Waals surface area contributed by atoms with E-state index in [9.17, 15) is 4.79 Å². The first-order chi connectivity index (χ1) is 6.27. The molecule has 1 aromatic rings. The number of nitrogens with one attached hydrogen (secondary N) is 2. The Hall–Kier alpha value is -1.03. The van der Waals surface area contributed by atoms with Gasteiger partial charge in [-0.15, -0.1) is 0 Å². The molecule has 13 heavy (non-hydrogen) atoms. The second-order valence-corrected chi connectivity index (χ2v) is 3.79. The van der Waals surface area contributed by atoms with E-state index < -0.39 is 0 Å². The van der Waals surface area contributed by atoms with Crippen LogP contribution in [0.4, 0.5) is 5.69 Å². The van der Waals surface area contributed by atoms with E-state index in [0.717, 1.165) is 16.7 Å². The SMILES string of the molecule is O=C1NCCNc2ccc(Br)cc21. The Kier molecular flexibility index (Phi) is 2.22. The highest BCUT2D eigenvalue weighted by Gasteiger charge is 2.13. The third-order valence-corrected chi connectivity index (χ3v) is 2.45. The van der Waals surface area contributed by atoms with E-state index in [2.05, 4.69) is 26.6 Å². The number of benzene rings is 1. The van der Waals surface area contributed by atoms with Crippen LogP contribution in [0.15, 0.2) is 22.7 Å². The molecule has 0 bridgehead atoms. The smallest absolute Gasteiger partial charge is 0.253 e. The quantitative estimate of drug-likeness (QED) is 0.724. The highest BCUT2D eigenvalue weighted by Crippen LogP contribution is 2.21. The first-order valence-corrected chi connectivity index (χ1v) is 4.88. The summed E-state index contributed by atoms with van der Waals surface area (Å²) in [5.41, 5.74) is 1.60. The molecule has 0 aromatic heterocycles. The standard InChI is InChI=1S/C9H9BrN2O/c10-6-1-2-8-7(5-6)9(13)12-4-3-11-8/h1-2,5,11H,3-4H2,(H,12,13). The molecule has 1 amide bonds. The topological polar surface area (TPSA) is 41.1 Å². The maximum absolute atomic E-state index is 11.5. The lowest BCUT2D eigenvalue weighted by molar-refractivity contribution is 0.0958. The van der Waals surface area contributed by atoms with Crippen molar-refractivity contribution in [3.63, 3.8) is 0 Å². The van der Waals surface area contributed by atoms with Gasteiger partial charge in [0.05, 0.1) is 5.56 Å². The number of carbonyl (C=O) groups is 1. The van der Waals surface area contributed by atoms with Crippen LogP contribution in [-0.2, 0) is 0 Å². The van der Waals surface area contributed by atoms with Crippen molar-refractivity contribution >= 4 is 27.5 Å². The second-order valence-electron chi connectivity index (χ2n) is 2.87. The van der Waals surface area contributed by atoms with Crippen molar-refractivity contribution in [1.82, 2.24) is 5.32 Å². The summed E-state index contributed by atoms with van der Waals surface area (Å²) in [5, 5.41) is 5.98. The van der Waals surface area contributed by atoms with Gasteiger partial charge in [0.25, 0.3) is 5.91 Å². The summed E-state index contributed by atoms with van der Waals surface area (Å²) in [6.45, 7) is 1.45. The van der Waals surface area contributed by atoms with Gasteiger partial charge >= 0.3 is 0 Å². The minimum Gasteiger partial charge on any atom is -0.383 e. The molecule has 0 atom stereocenters. The lowest BCUT2D eigenvalue weighted by Gasteiger charge is -2.05. The molecule has 1 aliphatic rings. The molecule has 0 saturated carbocycles. The average Bonchev–Trinajstić information content (AvgIpc) is 2.29. The Balaban J connectivity index is 2.49. The van der Waals surface area contributed by atoms with Gasteiger partial charge in [-0.3, -0.25) is 4.79 Å². The van der Waals surface area contributed by atoms with Crippen molar-refractivity contribution in [3.05, 3.63) is 28.2 Å². The van der Waals surface area contributed by atoms with Crippen molar-refractivity contribution in [2.45, 2.75) is 0 Å². The first kappa shape index (κ1) is 8.56. The lowest BCUT2D eigenvalue weighted by atomic mass is 10.2. The van der Waals surface area contributed by atoms with Crippen molar-refractivity contribution < 1.29 is 4.79 Å². The van der Waals surface area contributed by atoms with E-state index in [1.165, 1.54) is 0 Å². The Bertz CT molecular complexity index is 351. The maximum Gasteiger partial charge on any atom is 0.253 e. The molecule has 0 saturated heterocycles. The van der Waals surface area contributed by atoms with E-state index in [0.29, 0.717) is 12.1 Å². The van der Waals surface area contributed by atoms with E-state index in [-0.39, 0.29) is 5.91 Å². The summed E-state index contributed by atoms with van der Waals surface area (Å²) < 4.78 is 0.921. The van der Waals surface area contributed by atoms with Gasteiger partial charge in [0.2, 0.25) is 0 Å². The number of halogens is 1. The molecular formula is C9H9BrN2O. The molecule has 68 valence electrons. The van der Waals surface area contributed by atoms with Crippen molar-refractivity contribution in [2.24, 2.45) is 0 Å². The van der Waals surface area contributed by atoms with E-state index in [4.69, 9.17) is 0 Å². The Morgan fingerprint density at radius 1 is 1.23 bits per heavy atom. The van der Waals surface area contributed by atoms with Crippen LogP contribution in [0.1, 0.15) is 10.4 Å². The maximum atomic E-state index is 11.5.